The summed E-state index contributed by atoms with van der Waals surface area (Å²) in [4.78, 5) is 10.3. The van der Waals surface area contributed by atoms with Gasteiger partial charge in [0.2, 0.25) is 0 Å². The maximum Gasteiger partial charge on any atom is 0.293 e. The first-order valence-electron chi connectivity index (χ1n) is 5.70. The molecule has 0 radical (unpaired) electrons. The Hall–Kier alpha value is -2.14. The quantitative estimate of drug-likeness (QED) is 0.653. The van der Waals surface area contributed by atoms with E-state index in [1.807, 2.05) is 6.07 Å². The standard InChI is InChI=1S/C12H15N3O4S/c1-12(2,20(3,18)19)8-14-10-5-4-9(7-13)6-11(10)15(16)17/h4-6,14H,8H2,1-3H3. The van der Waals surface area contributed by atoms with Crippen LogP contribution in [0.15, 0.2) is 18.2 Å². The van der Waals surface area contributed by atoms with Gasteiger partial charge in [0.1, 0.15) is 5.69 Å². The third-order valence-corrected chi connectivity index (χ3v) is 5.18. The summed E-state index contributed by atoms with van der Waals surface area (Å²) < 4.78 is 22.1. The summed E-state index contributed by atoms with van der Waals surface area (Å²) in [5, 5.41) is 22.4. The van der Waals surface area contributed by atoms with Crippen LogP contribution in [0.3, 0.4) is 0 Å². The Labute approximate surface area is 117 Å². The second-order valence-electron chi connectivity index (χ2n) is 4.99. The number of nitrogens with one attached hydrogen (secondary N) is 1. The summed E-state index contributed by atoms with van der Waals surface area (Å²) >= 11 is 0. The third-order valence-electron chi connectivity index (χ3n) is 3.03. The van der Waals surface area contributed by atoms with E-state index in [2.05, 4.69) is 5.32 Å². The molecule has 0 aliphatic carbocycles. The molecular weight excluding hydrogens is 282 g/mol. The van der Waals surface area contributed by atoms with Crippen molar-refractivity contribution in [1.29, 1.82) is 5.26 Å². The number of sulfone groups is 1. The Morgan fingerprint density at radius 2 is 2.05 bits per heavy atom. The lowest BCUT2D eigenvalue weighted by Gasteiger charge is -2.23. The molecule has 1 aromatic rings. The van der Waals surface area contributed by atoms with Crippen LogP contribution in [0.4, 0.5) is 11.4 Å². The lowest BCUT2D eigenvalue weighted by atomic mass is 10.1. The van der Waals surface area contributed by atoms with Crippen molar-refractivity contribution >= 4 is 21.2 Å². The minimum Gasteiger partial charge on any atom is -0.378 e. The first-order valence-corrected chi connectivity index (χ1v) is 7.59. The van der Waals surface area contributed by atoms with Crippen LogP contribution in [-0.4, -0.2) is 30.9 Å². The smallest absolute Gasteiger partial charge is 0.293 e. The zero-order valence-electron chi connectivity index (χ0n) is 11.4. The van der Waals surface area contributed by atoms with Crippen LogP contribution in [-0.2, 0) is 9.84 Å². The molecule has 0 atom stereocenters. The average molecular weight is 297 g/mol. The maximum atomic E-state index is 11.6. The van der Waals surface area contributed by atoms with Gasteiger partial charge in [-0.15, -0.1) is 0 Å². The molecule has 20 heavy (non-hydrogen) atoms. The second-order valence-corrected chi connectivity index (χ2v) is 7.64. The lowest BCUT2D eigenvalue weighted by Crippen LogP contribution is -2.38. The zero-order chi connectivity index (χ0) is 15.6. The molecule has 7 nitrogen and oxygen atoms in total. The molecule has 0 aliphatic rings. The molecule has 0 aromatic heterocycles. The summed E-state index contributed by atoms with van der Waals surface area (Å²) in [5.41, 5.74) is 0.101. The Balaban J connectivity index is 3.06. The minimum absolute atomic E-state index is 0.0264. The Bertz CT molecular complexity index is 674. The van der Waals surface area contributed by atoms with Crippen molar-refractivity contribution in [2.45, 2.75) is 18.6 Å². The second kappa shape index (κ2) is 5.46. The molecule has 0 fully saturated rings. The van der Waals surface area contributed by atoms with E-state index >= 15 is 0 Å². The largest absolute Gasteiger partial charge is 0.378 e. The van der Waals surface area contributed by atoms with Gasteiger partial charge in [0, 0.05) is 18.9 Å². The highest BCUT2D eigenvalue weighted by atomic mass is 32.2. The molecule has 0 spiro atoms. The number of nitriles is 1. The fourth-order valence-corrected chi connectivity index (χ4v) is 1.68. The molecule has 0 amide bonds. The van der Waals surface area contributed by atoms with Gasteiger partial charge in [0.25, 0.3) is 5.69 Å². The summed E-state index contributed by atoms with van der Waals surface area (Å²) in [6, 6.07) is 5.80. The monoisotopic (exact) mass is 297 g/mol. The number of benzene rings is 1. The van der Waals surface area contributed by atoms with Crippen LogP contribution >= 0.6 is 0 Å². The van der Waals surface area contributed by atoms with Gasteiger partial charge in [-0.2, -0.15) is 5.26 Å². The number of hydrogen-bond donors (Lipinski definition) is 1. The number of nitro benzene ring substituents is 1. The lowest BCUT2D eigenvalue weighted by molar-refractivity contribution is -0.384. The van der Waals surface area contributed by atoms with Gasteiger partial charge in [-0.1, -0.05) is 0 Å². The van der Waals surface area contributed by atoms with Crippen molar-refractivity contribution < 1.29 is 13.3 Å². The summed E-state index contributed by atoms with van der Waals surface area (Å²) in [5.74, 6) is 0. The van der Waals surface area contributed by atoms with Crippen LogP contribution in [0.1, 0.15) is 19.4 Å². The van der Waals surface area contributed by atoms with E-state index in [1.165, 1.54) is 26.0 Å². The minimum atomic E-state index is -3.30. The van der Waals surface area contributed by atoms with Gasteiger partial charge >= 0.3 is 0 Å². The fraction of sp³-hybridized carbons (Fsp3) is 0.417. The fourth-order valence-electron chi connectivity index (χ4n) is 1.34. The first-order chi connectivity index (χ1) is 9.08. The first kappa shape index (κ1) is 15.9. The van der Waals surface area contributed by atoms with E-state index < -0.39 is 19.5 Å². The molecule has 1 rings (SSSR count). The molecule has 0 saturated heterocycles. The molecule has 0 saturated carbocycles. The Morgan fingerprint density at radius 3 is 2.50 bits per heavy atom. The van der Waals surface area contributed by atoms with Crippen molar-refractivity contribution in [3.63, 3.8) is 0 Å². The SMILES string of the molecule is CC(C)(CNc1ccc(C#N)cc1[N+](=O)[O-])S(C)(=O)=O. The van der Waals surface area contributed by atoms with Crippen molar-refractivity contribution in [3.8, 4) is 6.07 Å². The van der Waals surface area contributed by atoms with Crippen LogP contribution in [0.25, 0.3) is 0 Å². The summed E-state index contributed by atoms with van der Waals surface area (Å²) in [7, 11) is -3.30. The van der Waals surface area contributed by atoms with Gasteiger partial charge < -0.3 is 5.32 Å². The van der Waals surface area contributed by atoms with Crippen molar-refractivity contribution in [2.75, 3.05) is 18.1 Å². The molecule has 1 N–H and O–H groups in total. The van der Waals surface area contributed by atoms with E-state index in [-0.39, 0.29) is 23.5 Å². The molecule has 1 aromatic carbocycles. The van der Waals surface area contributed by atoms with Crippen LogP contribution < -0.4 is 5.32 Å². The van der Waals surface area contributed by atoms with E-state index in [0.29, 0.717) is 0 Å². The van der Waals surface area contributed by atoms with Crippen LogP contribution in [0.5, 0.6) is 0 Å². The number of hydrogen-bond acceptors (Lipinski definition) is 6. The van der Waals surface area contributed by atoms with Gasteiger partial charge in [-0.3, -0.25) is 10.1 Å². The number of rotatable bonds is 5. The highest BCUT2D eigenvalue weighted by molar-refractivity contribution is 7.92. The number of nitrogens with zero attached hydrogens (tertiary/aromatic N) is 2. The Kier molecular flexibility index (Phi) is 4.35. The molecule has 0 aliphatic heterocycles. The predicted molar refractivity (Wildman–Crippen MR) is 75.2 cm³/mol. The van der Waals surface area contributed by atoms with Crippen molar-refractivity contribution in [2.24, 2.45) is 0 Å². The predicted octanol–water partition coefficient (Wildman–Crippen LogP) is 1.70. The van der Waals surface area contributed by atoms with Crippen molar-refractivity contribution in [3.05, 3.63) is 33.9 Å². The third kappa shape index (κ3) is 3.45. The topological polar surface area (TPSA) is 113 Å². The molecule has 0 unspecified atom stereocenters. The molecular formula is C12H15N3O4S. The molecule has 108 valence electrons. The van der Waals surface area contributed by atoms with Gasteiger partial charge in [-0.05, 0) is 26.0 Å². The average Bonchev–Trinajstić information content (AvgIpc) is 2.34. The number of nitro groups is 1. The highest BCUT2D eigenvalue weighted by Crippen LogP contribution is 2.26. The van der Waals surface area contributed by atoms with Gasteiger partial charge in [0.15, 0.2) is 9.84 Å². The highest BCUT2D eigenvalue weighted by Gasteiger charge is 2.30. The molecule has 0 heterocycles. The van der Waals surface area contributed by atoms with Crippen LogP contribution in [0.2, 0.25) is 0 Å². The number of anilines is 1. The summed E-state index contributed by atoms with van der Waals surface area (Å²) in [6.07, 6.45) is 1.11. The zero-order valence-corrected chi connectivity index (χ0v) is 12.2. The van der Waals surface area contributed by atoms with Crippen LogP contribution in [0, 0.1) is 21.4 Å². The Morgan fingerprint density at radius 1 is 1.45 bits per heavy atom. The maximum absolute atomic E-state index is 11.6. The van der Waals surface area contributed by atoms with E-state index in [4.69, 9.17) is 5.26 Å². The van der Waals surface area contributed by atoms with E-state index in [0.717, 1.165) is 12.3 Å². The van der Waals surface area contributed by atoms with E-state index in [9.17, 15) is 18.5 Å². The van der Waals surface area contributed by atoms with Gasteiger partial charge in [0.05, 0.1) is 21.3 Å². The normalized spacial score (nSPS) is 11.7. The van der Waals surface area contributed by atoms with Crippen molar-refractivity contribution in [1.82, 2.24) is 0 Å². The summed E-state index contributed by atoms with van der Waals surface area (Å²) in [6.45, 7) is 3.09. The van der Waals surface area contributed by atoms with Gasteiger partial charge in [-0.25, -0.2) is 8.42 Å². The van der Waals surface area contributed by atoms with E-state index in [1.54, 1.807) is 0 Å². The molecule has 8 heteroatoms. The molecule has 0 bridgehead atoms.